The van der Waals surface area contributed by atoms with E-state index in [9.17, 15) is 28.8 Å². The molecular formula is C45H59N15O9. The number of hydrogen-bond acceptors (Lipinski definition) is 15. The SMILES string of the molecule is CCN=C(C(=O)Nc1nc2cc(C(N)=O)cc(OCCNC(=O)OC(C)(C)C)c2n1C/C=C/Cn1c(NC(=O)c2cc(C)nn2CC)nc2cc(C(N)=O)cnc21)/C(NC(=O)OC(C)(C)C)=C(/C)N. The second kappa shape index (κ2) is 21.5. The number of aryl methyl sites for hydroxylation is 2. The number of nitrogens with one attached hydrogen (secondary N) is 4. The van der Waals surface area contributed by atoms with Gasteiger partial charge in [-0.25, -0.2) is 24.5 Å². The third-order valence-corrected chi connectivity index (χ3v) is 9.40. The summed E-state index contributed by atoms with van der Waals surface area (Å²) in [5.74, 6) is -2.66. The molecule has 0 aliphatic heterocycles. The van der Waals surface area contributed by atoms with Crippen molar-refractivity contribution >= 4 is 75.6 Å². The minimum absolute atomic E-state index is 0.00300. The summed E-state index contributed by atoms with van der Waals surface area (Å²) < 4.78 is 21.6. The third kappa shape index (κ3) is 13.4. The van der Waals surface area contributed by atoms with Crippen LogP contribution in [0.25, 0.3) is 22.2 Å². The lowest BCUT2D eigenvalue weighted by Crippen LogP contribution is -2.39. The van der Waals surface area contributed by atoms with Gasteiger partial charge in [-0.2, -0.15) is 5.10 Å². The van der Waals surface area contributed by atoms with Crippen molar-refractivity contribution in [3.63, 3.8) is 0 Å². The zero-order valence-corrected chi connectivity index (χ0v) is 40.3. The molecule has 5 aromatic rings. The Kier molecular flexibility index (Phi) is 16.1. The Morgan fingerprint density at radius 3 is 2.01 bits per heavy atom. The number of nitrogens with zero attached hydrogens (tertiary/aromatic N) is 8. The summed E-state index contributed by atoms with van der Waals surface area (Å²) in [4.78, 5) is 95.9. The van der Waals surface area contributed by atoms with Crippen LogP contribution < -0.4 is 43.2 Å². The van der Waals surface area contributed by atoms with E-state index in [-0.39, 0.29) is 89.7 Å². The van der Waals surface area contributed by atoms with E-state index in [2.05, 4.69) is 46.3 Å². The summed E-state index contributed by atoms with van der Waals surface area (Å²) >= 11 is 0. The molecule has 24 nitrogen and oxygen atoms in total. The Bertz CT molecular complexity index is 2890. The van der Waals surface area contributed by atoms with Gasteiger partial charge in [0, 0.05) is 43.6 Å². The molecule has 1 aromatic carbocycles. The van der Waals surface area contributed by atoms with Crippen LogP contribution in [0, 0.1) is 6.92 Å². The van der Waals surface area contributed by atoms with E-state index in [1.165, 1.54) is 31.3 Å². The number of ether oxygens (including phenoxy) is 3. The summed E-state index contributed by atoms with van der Waals surface area (Å²) in [6, 6.07) is 5.93. The molecule has 0 bridgehead atoms. The Balaban J connectivity index is 1.57. The minimum Gasteiger partial charge on any atom is -0.489 e. The molecule has 0 atom stereocenters. The molecule has 4 heterocycles. The number of rotatable bonds is 18. The smallest absolute Gasteiger partial charge is 0.412 e. The fourth-order valence-corrected chi connectivity index (χ4v) is 6.63. The number of imidazole rings is 2. The molecule has 10 N–H and O–H groups in total. The van der Waals surface area contributed by atoms with Crippen LogP contribution >= 0.6 is 0 Å². The molecular weight excluding hydrogens is 895 g/mol. The van der Waals surface area contributed by atoms with Crippen LogP contribution in [0.2, 0.25) is 0 Å². The van der Waals surface area contributed by atoms with Crippen molar-refractivity contribution in [3.05, 3.63) is 76.5 Å². The van der Waals surface area contributed by atoms with Crippen LogP contribution in [-0.4, -0.2) is 106 Å². The topological polar surface area (TPSA) is 335 Å². The number of pyridine rings is 1. The molecule has 0 unspecified atom stereocenters. The van der Waals surface area contributed by atoms with Gasteiger partial charge in [-0.3, -0.25) is 49.4 Å². The number of primary amides is 2. The summed E-state index contributed by atoms with van der Waals surface area (Å²) in [6.45, 7) is 17.5. The maximum Gasteiger partial charge on any atom is 0.412 e. The van der Waals surface area contributed by atoms with Crippen LogP contribution in [0.4, 0.5) is 21.5 Å². The molecule has 5 rings (SSSR count). The number of hydrogen-bond donors (Lipinski definition) is 7. The van der Waals surface area contributed by atoms with Gasteiger partial charge in [0.2, 0.25) is 23.7 Å². The first-order valence-electron chi connectivity index (χ1n) is 21.8. The van der Waals surface area contributed by atoms with Gasteiger partial charge in [-0.1, -0.05) is 12.2 Å². The fraction of sp³-hybridized carbons (Fsp3) is 0.400. The average molecular weight is 954 g/mol. The van der Waals surface area contributed by atoms with Crippen molar-refractivity contribution in [1.82, 2.24) is 44.5 Å². The molecule has 0 saturated carbocycles. The van der Waals surface area contributed by atoms with E-state index < -0.39 is 47.0 Å². The highest BCUT2D eigenvalue weighted by Gasteiger charge is 2.27. The Hall–Kier alpha value is -8.31. The van der Waals surface area contributed by atoms with Crippen LogP contribution in [0.1, 0.15) is 99.2 Å². The maximum absolute atomic E-state index is 14.3. The van der Waals surface area contributed by atoms with Gasteiger partial charge in [0.25, 0.3) is 11.8 Å². The number of aromatic nitrogens is 7. The number of carbonyl (C=O) groups excluding carboxylic acids is 6. The molecule has 0 spiro atoms. The molecule has 6 amide bonds. The number of nitrogens with two attached hydrogens (primary N) is 3. The van der Waals surface area contributed by atoms with E-state index in [0.29, 0.717) is 29.1 Å². The standard InChI is InChI=1S/C45H59N15O9/c1-11-49-33(32(25(4)46)54-43(66)69-45(8,9)10)39(64)56-40-52-28-20-26(35(47)61)22-31(67-18-15-50-42(65)68-44(5,6)7)34(28)58(40)16-13-14-17-59-37-29(21-27(23-51-37)36(48)62)53-41(59)55-38(63)30-19-24(3)57-60(30)12-2/h13-14,19-23H,11-12,15-18,46H2,1-10H3,(H2,47,61)(H2,48,62)(H,50,65)(H,54,66)(H,52,56,64)(H,53,55,63)/b14-13+,32-25+,49-33?. The van der Waals surface area contributed by atoms with Gasteiger partial charge >= 0.3 is 12.2 Å². The van der Waals surface area contributed by atoms with Gasteiger partial charge < -0.3 is 41.3 Å². The number of anilines is 2. The van der Waals surface area contributed by atoms with Crippen LogP contribution in [0.15, 0.2) is 59.0 Å². The van der Waals surface area contributed by atoms with Crippen molar-refractivity contribution < 1.29 is 43.0 Å². The molecule has 0 radical (unpaired) electrons. The summed E-state index contributed by atoms with van der Waals surface area (Å²) in [6.07, 6.45) is 3.20. The number of allylic oxidation sites excluding steroid dienone is 3. The zero-order chi connectivity index (χ0) is 51.0. The van der Waals surface area contributed by atoms with Crippen molar-refractivity contribution in [2.45, 2.75) is 100 Å². The zero-order valence-electron chi connectivity index (χ0n) is 40.3. The largest absolute Gasteiger partial charge is 0.489 e. The number of alkyl carbamates (subject to hydrolysis) is 2. The molecule has 0 saturated heterocycles. The van der Waals surface area contributed by atoms with Gasteiger partial charge in [0.15, 0.2) is 5.65 Å². The predicted octanol–water partition coefficient (Wildman–Crippen LogP) is 4.03. The first-order valence-corrected chi connectivity index (χ1v) is 21.8. The first kappa shape index (κ1) is 51.7. The number of fused-ring (bicyclic) bond motifs is 2. The quantitative estimate of drug-likeness (QED) is 0.0371. The van der Waals surface area contributed by atoms with E-state index in [1.54, 1.807) is 87.4 Å². The van der Waals surface area contributed by atoms with Crippen molar-refractivity contribution in [2.24, 2.45) is 22.2 Å². The lowest BCUT2D eigenvalue weighted by molar-refractivity contribution is -0.110. The normalized spacial score (nSPS) is 12.5. The molecule has 69 heavy (non-hydrogen) atoms. The molecule has 0 aliphatic carbocycles. The number of carbonyl (C=O) groups is 6. The Morgan fingerprint density at radius 1 is 0.797 bits per heavy atom. The number of benzene rings is 1. The number of aliphatic imine (C=N–C) groups is 1. The fourth-order valence-electron chi connectivity index (χ4n) is 6.63. The summed E-state index contributed by atoms with van der Waals surface area (Å²) in [7, 11) is 0. The maximum atomic E-state index is 14.3. The first-order chi connectivity index (χ1) is 32.4. The lowest BCUT2D eigenvalue weighted by atomic mass is 10.1. The Labute approximate surface area is 397 Å². The molecule has 24 heteroatoms. The van der Waals surface area contributed by atoms with Crippen molar-refractivity contribution in [3.8, 4) is 5.75 Å². The van der Waals surface area contributed by atoms with E-state index in [4.69, 9.17) is 31.4 Å². The lowest BCUT2D eigenvalue weighted by Gasteiger charge is -2.21. The minimum atomic E-state index is -0.877. The molecule has 0 fully saturated rings. The van der Waals surface area contributed by atoms with Crippen LogP contribution in [0.3, 0.4) is 0 Å². The monoisotopic (exact) mass is 953 g/mol. The summed E-state index contributed by atoms with van der Waals surface area (Å²) in [5, 5.41) is 15.1. The van der Waals surface area contributed by atoms with Gasteiger partial charge in [-0.05, 0) is 93.5 Å². The third-order valence-electron chi connectivity index (χ3n) is 9.40. The van der Waals surface area contributed by atoms with Crippen LogP contribution in [-0.2, 0) is 33.9 Å². The van der Waals surface area contributed by atoms with Gasteiger partial charge in [-0.15, -0.1) is 0 Å². The highest BCUT2D eigenvalue weighted by Crippen LogP contribution is 2.31. The van der Waals surface area contributed by atoms with E-state index >= 15 is 0 Å². The highest BCUT2D eigenvalue weighted by molar-refractivity contribution is 6.49. The van der Waals surface area contributed by atoms with Gasteiger partial charge in [0.1, 0.15) is 46.0 Å². The molecule has 368 valence electrons. The highest BCUT2D eigenvalue weighted by atomic mass is 16.6. The number of amides is 6. The summed E-state index contributed by atoms with van der Waals surface area (Å²) in [5.41, 5.74) is 17.7. The van der Waals surface area contributed by atoms with Crippen molar-refractivity contribution in [2.75, 3.05) is 30.3 Å². The second-order valence-electron chi connectivity index (χ2n) is 17.4. The molecule has 0 aliphatic rings. The van der Waals surface area contributed by atoms with E-state index in [0.717, 1.165) is 0 Å². The van der Waals surface area contributed by atoms with Crippen LogP contribution in [0.5, 0.6) is 5.75 Å². The predicted molar refractivity (Wildman–Crippen MR) is 257 cm³/mol. The van der Waals surface area contributed by atoms with Gasteiger partial charge in [0.05, 0.1) is 29.0 Å². The Morgan fingerprint density at radius 2 is 1.41 bits per heavy atom. The molecule has 4 aromatic heterocycles. The van der Waals surface area contributed by atoms with Crippen molar-refractivity contribution in [1.29, 1.82) is 0 Å². The van der Waals surface area contributed by atoms with E-state index in [1.807, 2.05) is 6.92 Å². The second-order valence-corrected chi connectivity index (χ2v) is 17.4. The average Bonchev–Trinajstić information content (AvgIpc) is 3.92.